The van der Waals surface area contributed by atoms with Gasteiger partial charge in [-0.05, 0) is 75.3 Å². The van der Waals surface area contributed by atoms with Crippen molar-refractivity contribution in [2.75, 3.05) is 4.90 Å². The van der Waals surface area contributed by atoms with Gasteiger partial charge in [-0.25, -0.2) is 0 Å². The van der Waals surface area contributed by atoms with Crippen LogP contribution in [0, 0.1) is 0 Å². The smallest absolute Gasteiger partial charge is 0.143 e. The molecule has 0 amide bonds. The summed E-state index contributed by atoms with van der Waals surface area (Å²) in [6.45, 7) is 0. The molecule has 2 aromatic heterocycles. The molecule has 0 fully saturated rings. The monoisotopic (exact) mass is 745 g/mol. The molecule has 11 rings (SSSR count). The minimum atomic E-state index is 0.908. The first kappa shape index (κ1) is 33.2. The molecule has 0 aliphatic carbocycles. The van der Waals surface area contributed by atoms with Crippen molar-refractivity contribution in [1.82, 2.24) is 0 Å². The Morgan fingerprint density at radius 1 is 0.316 bits per heavy atom. The zero-order valence-electron chi connectivity index (χ0n) is 31.0. The number of hydrogen-bond acceptors (Lipinski definition) is 3. The Morgan fingerprint density at radius 2 is 0.772 bits per heavy atom. The summed E-state index contributed by atoms with van der Waals surface area (Å²) in [6, 6.07) is 76.2. The number of para-hydroxylation sites is 2. The van der Waals surface area contributed by atoms with Crippen LogP contribution in [0.25, 0.3) is 86.6 Å². The summed E-state index contributed by atoms with van der Waals surface area (Å²) >= 11 is 1.88. The van der Waals surface area contributed by atoms with E-state index >= 15 is 0 Å². The molecule has 0 unspecified atom stereocenters. The number of anilines is 3. The fraction of sp³-hybridized carbons (Fsp3) is 0. The van der Waals surface area contributed by atoms with Gasteiger partial charge in [0.1, 0.15) is 11.2 Å². The van der Waals surface area contributed by atoms with Gasteiger partial charge in [0.05, 0.1) is 10.4 Å². The van der Waals surface area contributed by atoms with Gasteiger partial charge in [0, 0.05) is 43.2 Å². The van der Waals surface area contributed by atoms with Crippen LogP contribution in [-0.2, 0) is 0 Å². The van der Waals surface area contributed by atoms with Crippen LogP contribution in [0.2, 0.25) is 0 Å². The molecule has 0 atom stereocenters. The fourth-order valence-electron chi connectivity index (χ4n) is 8.31. The zero-order valence-corrected chi connectivity index (χ0v) is 31.8. The van der Waals surface area contributed by atoms with Gasteiger partial charge in [0.2, 0.25) is 0 Å². The summed E-state index contributed by atoms with van der Waals surface area (Å²) in [6.07, 6.45) is 0. The lowest BCUT2D eigenvalue weighted by Crippen LogP contribution is -2.10. The molecule has 0 aliphatic rings. The van der Waals surface area contributed by atoms with Gasteiger partial charge in [0.25, 0.3) is 0 Å². The molecule has 3 heteroatoms. The third-order valence-corrected chi connectivity index (χ3v) is 12.4. The molecule has 9 aromatic carbocycles. The fourth-order valence-corrected chi connectivity index (χ4v) is 9.65. The summed E-state index contributed by atoms with van der Waals surface area (Å²) in [7, 11) is 0. The van der Waals surface area contributed by atoms with E-state index in [2.05, 4.69) is 205 Å². The molecular weight excluding hydrogens is 711 g/mol. The second-order valence-corrected chi connectivity index (χ2v) is 15.5. The Bertz CT molecular complexity index is 3200. The normalized spacial score (nSPS) is 11.5. The molecule has 268 valence electrons. The standard InChI is InChI=1S/C54H35NOS/c1-3-12-36(13-4-1)37-24-26-38(27-25-37)39-28-32-42(33-29-39)55(43-34-30-41(31-35-43)44-17-9-19-47-46-16-7-8-23-51(46)56-52(44)47)50-22-11-21-49-48-20-10-18-45(53(48)57-54(49)50)40-14-5-2-6-15-40/h1-35H. The van der Waals surface area contributed by atoms with Gasteiger partial charge >= 0.3 is 0 Å². The van der Waals surface area contributed by atoms with E-state index < -0.39 is 0 Å². The number of rotatable bonds is 7. The Hall–Kier alpha value is -7.20. The molecule has 2 heterocycles. The molecular formula is C54H35NOS. The molecule has 0 radical (unpaired) electrons. The summed E-state index contributed by atoms with van der Waals surface area (Å²) in [5, 5.41) is 4.81. The summed E-state index contributed by atoms with van der Waals surface area (Å²) < 4.78 is 9.00. The average molecular weight is 746 g/mol. The first-order chi connectivity index (χ1) is 28.3. The van der Waals surface area contributed by atoms with Gasteiger partial charge in [0.15, 0.2) is 0 Å². The maximum absolute atomic E-state index is 6.44. The van der Waals surface area contributed by atoms with E-state index in [1.807, 2.05) is 23.5 Å². The molecule has 2 nitrogen and oxygen atoms in total. The second kappa shape index (κ2) is 13.8. The average Bonchev–Trinajstić information content (AvgIpc) is 3.87. The number of fused-ring (bicyclic) bond motifs is 6. The highest BCUT2D eigenvalue weighted by molar-refractivity contribution is 7.27. The van der Waals surface area contributed by atoms with Gasteiger partial charge < -0.3 is 9.32 Å². The Labute approximate surface area is 335 Å². The highest BCUT2D eigenvalue weighted by atomic mass is 32.1. The van der Waals surface area contributed by atoms with Crippen molar-refractivity contribution in [3.63, 3.8) is 0 Å². The minimum Gasteiger partial charge on any atom is -0.455 e. The van der Waals surface area contributed by atoms with Crippen molar-refractivity contribution < 1.29 is 4.42 Å². The van der Waals surface area contributed by atoms with E-state index in [1.54, 1.807) is 0 Å². The van der Waals surface area contributed by atoms with E-state index in [-0.39, 0.29) is 0 Å². The number of nitrogens with zero attached hydrogens (tertiary/aromatic N) is 1. The highest BCUT2D eigenvalue weighted by Gasteiger charge is 2.20. The molecule has 0 spiro atoms. The summed E-state index contributed by atoms with van der Waals surface area (Å²) in [5.41, 5.74) is 14.7. The Balaban J connectivity index is 1.04. The molecule has 0 saturated carbocycles. The van der Waals surface area contributed by atoms with E-state index in [1.165, 1.54) is 53.6 Å². The zero-order chi connectivity index (χ0) is 37.7. The van der Waals surface area contributed by atoms with Gasteiger partial charge in [-0.2, -0.15) is 0 Å². The van der Waals surface area contributed by atoms with Gasteiger partial charge in [-0.15, -0.1) is 11.3 Å². The van der Waals surface area contributed by atoms with E-state index in [4.69, 9.17) is 4.42 Å². The molecule has 0 aliphatic heterocycles. The minimum absolute atomic E-state index is 0.908. The van der Waals surface area contributed by atoms with Crippen molar-refractivity contribution >= 4 is 70.5 Å². The summed E-state index contributed by atoms with van der Waals surface area (Å²) in [4.78, 5) is 2.41. The van der Waals surface area contributed by atoms with E-state index in [0.29, 0.717) is 0 Å². The molecule has 0 N–H and O–H groups in total. The van der Waals surface area contributed by atoms with Crippen molar-refractivity contribution in [1.29, 1.82) is 0 Å². The van der Waals surface area contributed by atoms with Crippen LogP contribution in [-0.4, -0.2) is 0 Å². The predicted molar refractivity (Wildman–Crippen MR) is 243 cm³/mol. The quantitative estimate of drug-likeness (QED) is 0.162. The van der Waals surface area contributed by atoms with Crippen LogP contribution in [0.3, 0.4) is 0 Å². The van der Waals surface area contributed by atoms with Crippen LogP contribution in [0.1, 0.15) is 0 Å². The number of benzene rings is 9. The van der Waals surface area contributed by atoms with Gasteiger partial charge in [-0.1, -0.05) is 176 Å². The van der Waals surface area contributed by atoms with Crippen LogP contribution in [0.15, 0.2) is 217 Å². The third-order valence-electron chi connectivity index (χ3n) is 11.1. The van der Waals surface area contributed by atoms with Crippen molar-refractivity contribution in [2.24, 2.45) is 0 Å². The lowest BCUT2D eigenvalue weighted by molar-refractivity contribution is 0.670. The molecule has 11 aromatic rings. The second-order valence-electron chi connectivity index (χ2n) is 14.5. The molecule has 57 heavy (non-hydrogen) atoms. The van der Waals surface area contributed by atoms with E-state index in [9.17, 15) is 0 Å². The van der Waals surface area contributed by atoms with Crippen molar-refractivity contribution in [3.05, 3.63) is 212 Å². The Morgan fingerprint density at radius 3 is 1.44 bits per heavy atom. The van der Waals surface area contributed by atoms with Crippen LogP contribution in [0.4, 0.5) is 17.1 Å². The van der Waals surface area contributed by atoms with Crippen molar-refractivity contribution in [2.45, 2.75) is 0 Å². The van der Waals surface area contributed by atoms with Crippen molar-refractivity contribution in [3.8, 4) is 44.5 Å². The number of thiophene rings is 1. The first-order valence-corrected chi connectivity index (χ1v) is 20.1. The SMILES string of the molecule is c1ccc(-c2ccc(-c3ccc(N(c4ccc(-c5cccc6c5oc5ccccc56)cc4)c4cccc5c4sc4c(-c6ccccc6)cccc45)cc3)cc2)cc1. The molecule has 0 bridgehead atoms. The van der Waals surface area contributed by atoms with Crippen LogP contribution < -0.4 is 4.90 Å². The third kappa shape index (κ3) is 5.80. The first-order valence-electron chi connectivity index (χ1n) is 19.3. The maximum atomic E-state index is 6.44. The summed E-state index contributed by atoms with van der Waals surface area (Å²) in [5.74, 6) is 0. The predicted octanol–water partition coefficient (Wildman–Crippen LogP) is 16.1. The Kier molecular flexibility index (Phi) is 8.04. The largest absolute Gasteiger partial charge is 0.455 e. The maximum Gasteiger partial charge on any atom is 0.143 e. The van der Waals surface area contributed by atoms with Gasteiger partial charge in [-0.3, -0.25) is 0 Å². The molecule has 0 saturated heterocycles. The lowest BCUT2D eigenvalue weighted by atomic mass is 9.99. The number of hydrogen-bond donors (Lipinski definition) is 0. The topological polar surface area (TPSA) is 16.4 Å². The highest BCUT2D eigenvalue weighted by Crippen LogP contribution is 2.47. The van der Waals surface area contributed by atoms with Crippen LogP contribution >= 0.6 is 11.3 Å². The lowest BCUT2D eigenvalue weighted by Gasteiger charge is -2.26. The van der Waals surface area contributed by atoms with Crippen LogP contribution in [0.5, 0.6) is 0 Å². The van der Waals surface area contributed by atoms with E-state index in [0.717, 1.165) is 50.1 Å². The number of furan rings is 1.